The van der Waals surface area contributed by atoms with Crippen molar-refractivity contribution in [1.82, 2.24) is 0 Å². The number of ketones is 1. The van der Waals surface area contributed by atoms with E-state index in [0.717, 1.165) is 6.42 Å². The highest BCUT2D eigenvalue weighted by Crippen LogP contribution is 2.30. The summed E-state index contributed by atoms with van der Waals surface area (Å²) in [5.41, 5.74) is 2.91. The maximum atomic E-state index is 11.2. The van der Waals surface area contributed by atoms with E-state index >= 15 is 0 Å². The lowest BCUT2D eigenvalue weighted by atomic mass is 9.78. The molecule has 1 aromatic carbocycles. The van der Waals surface area contributed by atoms with Crippen LogP contribution in [0.3, 0.4) is 0 Å². The van der Waals surface area contributed by atoms with E-state index in [2.05, 4.69) is 38.1 Å². The first-order chi connectivity index (χ1) is 10.9. The topological polar surface area (TPSA) is 40.9 Å². The average Bonchev–Trinajstić information content (AvgIpc) is 2.57. The van der Waals surface area contributed by atoms with Crippen molar-refractivity contribution < 1.29 is 4.79 Å². The van der Waals surface area contributed by atoms with Gasteiger partial charge in [0.2, 0.25) is 0 Å². The van der Waals surface area contributed by atoms with Crippen LogP contribution in [0.2, 0.25) is 0 Å². The third-order valence-corrected chi connectivity index (χ3v) is 3.74. The van der Waals surface area contributed by atoms with E-state index in [-0.39, 0.29) is 5.78 Å². The summed E-state index contributed by atoms with van der Waals surface area (Å²) in [6, 6.07) is 10.6. The fourth-order valence-electron chi connectivity index (χ4n) is 2.13. The van der Waals surface area contributed by atoms with E-state index in [9.17, 15) is 4.79 Å². The van der Waals surface area contributed by atoms with Gasteiger partial charge in [-0.1, -0.05) is 62.8 Å². The van der Waals surface area contributed by atoms with Crippen LogP contribution >= 0.6 is 0 Å². The molecule has 2 nitrogen and oxygen atoms in total. The van der Waals surface area contributed by atoms with E-state index in [1.807, 2.05) is 32.9 Å². The van der Waals surface area contributed by atoms with Gasteiger partial charge in [-0.05, 0) is 45.3 Å². The van der Waals surface area contributed by atoms with Gasteiger partial charge < -0.3 is 0 Å². The van der Waals surface area contributed by atoms with Crippen LogP contribution in [-0.2, 0) is 11.2 Å². The van der Waals surface area contributed by atoms with Gasteiger partial charge in [-0.25, -0.2) is 0 Å². The number of hydrogen-bond donors (Lipinski definition) is 0. The number of nitriles is 1. The Kier molecular flexibility index (Phi) is 9.58. The minimum Gasteiger partial charge on any atom is -0.299 e. The van der Waals surface area contributed by atoms with Crippen LogP contribution in [0.1, 0.15) is 52.2 Å². The van der Waals surface area contributed by atoms with E-state index < -0.39 is 5.41 Å². The summed E-state index contributed by atoms with van der Waals surface area (Å²) in [5.74, 6) is 0.111. The zero-order chi connectivity index (χ0) is 17.9. The fraction of sp³-hybridized carbons (Fsp3) is 0.429. The molecule has 2 rings (SSSR count). The standard InChI is InChI=1S/C10H11NO.C9H12.C2H6/c1-8(12)10(2)5-3-4-9(6-10)7-11;1-3-9-6-4-5-8(2)7-9;1-2/h3-4,6H,5H2,1-2H3;4-7H,3H2,1-2H3;1-2H3. The smallest absolute Gasteiger partial charge is 0.139 e. The van der Waals surface area contributed by atoms with Crippen molar-refractivity contribution in [2.45, 2.75) is 54.4 Å². The predicted molar refractivity (Wildman–Crippen MR) is 98.1 cm³/mol. The van der Waals surface area contributed by atoms with Crippen molar-refractivity contribution in [2.75, 3.05) is 0 Å². The van der Waals surface area contributed by atoms with Crippen LogP contribution in [0.5, 0.6) is 0 Å². The summed E-state index contributed by atoms with van der Waals surface area (Å²) < 4.78 is 0. The Hall–Kier alpha value is -2.14. The SMILES string of the molecule is CC.CC(=O)C1(C)C=C(C#N)C=CC1.CCc1cccc(C)c1. The first kappa shape index (κ1) is 20.9. The summed E-state index contributed by atoms with van der Waals surface area (Å²) in [6.45, 7) is 11.7. The van der Waals surface area contributed by atoms with Gasteiger partial charge in [0.05, 0.1) is 6.07 Å². The number of Topliss-reactive ketones (excluding diaryl/α,β-unsaturated/α-hetero) is 1. The summed E-state index contributed by atoms with van der Waals surface area (Å²) in [5, 5.41) is 8.62. The van der Waals surface area contributed by atoms with Gasteiger partial charge in [-0.2, -0.15) is 5.26 Å². The Morgan fingerprint density at radius 1 is 1.35 bits per heavy atom. The molecule has 1 aliphatic rings. The molecule has 0 amide bonds. The molecule has 2 heteroatoms. The van der Waals surface area contributed by atoms with Crippen molar-refractivity contribution in [3.8, 4) is 6.07 Å². The molecule has 0 saturated carbocycles. The number of aryl methyl sites for hydroxylation is 2. The molecule has 0 fully saturated rings. The molecule has 0 aromatic heterocycles. The Bertz CT molecular complexity index is 605. The van der Waals surface area contributed by atoms with Crippen molar-refractivity contribution >= 4 is 5.78 Å². The number of benzene rings is 1. The fourth-order valence-corrected chi connectivity index (χ4v) is 2.13. The molecule has 124 valence electrons. The van der Waals surface area contributed by atoms with Crippen molar-refractivity contribution in [1.29, 1.82) is 5.26 Å². The minimum absolute atomic E-state index is 0.111. The van der Waals surface area contributed by atoms with Gasteiger partial charge in [0.25, 0.3) is 0 Å². The molecule has 1 unspecified atom stereocenters. The molecule has 0 N–H and O–H groups in total. The minimum atomic E-state index is -0.459. The average molecular weight is 311 g/mol. The number of nitrogens with zero attached hydrogens (tertiary/aromatic N) is 1. The lowest BCUT2D eigenvalue weighted by molar-refractivity contribution is -0.123. The van der Waals surface area contributed by atoms with E-state index in [1.165, 1.54) is 11.1 Å². The number of carbonyl (C=O) groups excluding carboxylic acids is 1. The van der Waals surface area contributed by atoms with E-state index in [1.54, 1.807) is 19.1 Å². The zero-order valence-electron chi connectivity index (χ0n) is 15.3. The lowest BCUT2D eigenvalue weighted by Gasteiger charge is -2.23. The van der Waals surface area contributed by atoms with Gasteiger partial charge in [-0.15, -0.1) is 0 Å². The number of allylic oxidation sites excluding steroid dienone is 4. The van der Waals surface area contributed by atoms with Gasteiger partial charge in [0, 0.05) is 11.0 Å². The van der Waals surface area contributed by atoms with Crippen LogP contribution < -0.4 is 0 Å². The van der Waals surface area contributed by atoms with Gasteiger partial charge >= 0.3 is 0 Å². The second-order valence-electron chi connectivity index (χ2n) is 5.63. The molecule has 23 heavy (non-hydrogen) atoms. The highest BCUT2D eigenvalue weighted by Gasteiger charge is 2.28. The first-order valence-corrected chi connectivity index (χ1v) is 8.27. The van der Waals surface area contributed by atoms with E-state index in [0.29, 0.717) is 12.0 Å². The number of rotatable bonds is 2. The van der Waals surface area contributed by atoms with Crippen LogP contribution in [0.15, 0.2) is 48.1 Å². The molecule has 0 spiro atoms. The molecule has 0 radical (unpaired) electrons. The van der Waals surface area contributed by atoms with Crippen LogP contribution in [0, 0.1) is 23.7 Å². The highest BCUT2D eigenvalue weighted by molar-refractivity contribution is 5.85. The Morgan fingerprint density at radius 3 is 2.43 bits per heavy atom. The molecule has 0 aliphatic heterocycles. The van der Waals surface area contributed by atoms with Gasteiger partial charge in [0.15, 0.2) is 0 Å². The molecule has 0 saturated heterocycles. The quantitative estimate of drug-likeness (QED) is 0.716. The van der Waals surface area contributed by atoms with Crippen molar-refractivity contribution in [3.05, 3.63) is 59.2 Å². The van der Waals surface area contributed by atoms with Crippen molar-refractivity contribution in [2.24, 2.45) is 5.41 Å². The molecule has 1 aromatic rings. The molecular weight excluding hydrogens is 282 g/mol. The predicted octanol–water partition coefficient (Wildman–Crippen LogP) is 5.58. The van der Waals surface area contributed by atoms with E-state index in [4.69, 9.17) is 5.26 Å². The maximum absolute atomic E-state index is 11.2. The second kappa shape index (κ2) is 10.6. The van der Waals surface area contributed by atoms with Gasteiger partial charge in [-0.3, -0.25) is 4.79 Å². The Balaban J connectivity index is 0.000000392. The van der Waals surface area contributed by atoms with Crippen LogP contribution in [0.4, 0.5) is 0 Å². The normalized spacial score (nSPS) is 18.4. The summed E-state index contributed by atoms with van der Waals surface area (Å²) in [4.78, 5) is 11.2. The maximum Gasteiger partial charge on any atom is 0.139 e. The monoisotopic (exact) mass is 311 g/mol. The lowest BCUT2D eigenvalue weighted by Crippen LogP contribution is -2.24. The molecule has 1 aliphatic carbocycles. The molecule has 0 heterocycles. The van der Waals surface area contributed by atoms with Crippen LogP contribution in [-0.4, -0.2) is 5.78 Å². The summed E-state index contributed by atoms with van der Waals surface area (Å²) >= 11 is 0. The summed E-state index contributed by atoms with van der Waals surface area (Å²) in [7, 11) is 0. The number of carbonyl (C=O) groups is 1. The Labute approximate surface area is 141 Å². The van der Waals surface area contributed by atoms with Crippen molar-refractivity contribution in [3.63, 3.8) is 0 Å². The largest absolute Gasteiger partial charge is 0.299 e. The third kappa shape index (κ3) is 7.10. The van der Waals surface area contributed by atoms with Gasteiger partial charge in [0.1, 0.15) is 5.78 Å². The second-order valence-corrected chi connectivity index (χ2v) is 5.63. The molecule has 1 atom stereocenters. The molecule has 0 bridgehead atoms. The highest BCUT2D eigenvalue weighted by atomic mass is 16.1. The number of hydrogen-bond acceptors (Lipinski definition) is 2. The Morgan fingerprint density at radius 2 is 2.00 bits per heavy atom. The zero-order valence-corrected chi connectivity index (χ0v) is 15.3. The summed E-state index contributed by atoms with van der Waals surface area (Å²) in [6.07, 6.45) is 7.22. The third-order valence-electron chi connectivity index (χ3n) is 3.74. The van der Waals surface area contributed by atoms with Crippen LogP contribution in [0.25, 0.3) is 0 Å². The molecular formula is C21H29NO. The first-order valence-electron chi connectivity index (χ1n) is 8.27.